The van der Waals surface area contributed by atoms with Gasteiger partial charge in [0.2, 0.25) is 0 Å². The number of carboxylic acids is 1. The Morgan fingerprint density at radius 2 is 1.46 bits per heavy atom. The van der Waals surface area contributed by atoms with Crippen LogP contribution in [0, 0.1) is 0 Å². The smallest absolute Gasteiger partial charge is 0.367 e. The Hall–Kier alpha value is -3.40. The number of furan rings is 2. The summed E-state index contributed by atoms with van der Waals surface area (Å²) in [6.07, 6.45) is 7.69. The van der Waals surface area contributed by atoms with E-state index in [9.17, 15) is 19.2 Å². The highest BCUT2D eigenvalue weighted by atomic mass is 16.7. The third-order valence-corrected chi connectivity index (χ3v) is 3.53. The monoisotopic (exact) mass is 393 g/mol. The molecule has 28 heavy (non-hydrogen) atoms. The van der Waals surface area contributed by atoms with Crippen LogP contribution >= 0.6 is 0 Å². The summed E-state index contributed by atoms with van der Waals surface area (Å²) in [6, 6.07) is 2.77. The zero-order valence-corrected chi connectivity index (χ0v) is 14.9. The number of ether oxygens (including phenoxy) is 1. The average Bonchev–Trinajstić information content (AvgIpc) is 3.49. The van der Waals surface area contributed by atoms with Crippen molar-refractivity contribution < 1.29 is 42.7 Å². The van der Waals surface area contributed by atoms with E-state index in [1.165, 1.54) is 50.0 Å². The number of hydrogen-bond acceptors (Lipinski definition) is 8. The molecule has 2 amide bonds. The maximum absolute atomic E-state index is 11.3. The first kappa shape index (κ1) is 20.9. The number of nitrogens with zero attached hydrogens (tertiary/aromatic N) is 1. The predicted octanol–water partition coefficient (Wildman–Crippen LogP) is 2.28. The number of carboxylic acid groups (broad SMARTS) is 1. The van der Waals surface area contributed by atoms with Gasteiger partial charge in [0.25, 0.3) is 11.8 Å². The van der Waals surface area contributed by atoms with Crippen molar-refractivity contribution in [3.05, 3.63) is 48.3 Å². The van der Waals surface area contributed by atoms with Crippen LogP contribution in [0.4, 0.5) is 0 Å². The summed E-state index contributed by atoms with van der Waals surface area (Å²) in [5, 5.41) is 8.71. The molecule has 150 valence electrons. The van der Waals surface area contributed by atoms with Crippen molar-refractivity contribution in [3.63, 3.8) is 0 Å². The van der Waals surface area contributed by atoms with Crippen LogP contribution in [-0.4, -0.2) is 47.1 Å². The second kappa shape index (κ2) is 10.7. The lowest BCUT2D eigenvalue weighted by Crippen LogP contribution is -2.31. The molecule has 0 unspecified atom stereocenters. The highest BCUT2D eigenvalue weighted by Crippen LogP contribution is 2.14. The first-order chi connectivity index (χ1) is 13.5. The molecule has 1 N–H and O–H groups in total. The molecule has 0 aromatic carbocycles. The van der Waals surface area contributed by atoms with Crippen LogP contribution in [0.5, 0.6) is 0 Å². The number of rotatable bonds is 3. The van der Waals surface area contributed by atoms with E-state index in [2.05, 4.69) is 13.7 Å². The van der Waals surface area contributed by atoms with Gasteiger partial charge < -0.3 is 23.5 Å². The summed E-state index contributed by atoms with van der Waals surface area (Å²) in [6.45, 7) is 2.00. The van der Waals surface area contributed by atoms with Gasteiger partial charge in [-0.3, -0.25) is 9.59 Å². The molecule has 0 aliphatic carbocycles. The standard InChI is InChI=1S/C9H7NO5.C5H4O3.C4H8O/c11-7-1-2-8(12)10(7)15-9(13)6-3-4-14-5-6;6-5(7)4-1-2-8-3-4;1-2-4-5-3-1/h3-5H,1-2H2;1-3H,(H,6,7);1-4H2. The SMILES string of the molecule is C1CCOC1.O=C(O)c1ccoc1.O=C(ON1C(=O)CCC1=O)c1ccoc1. The van der Waals surface area contributed by atoms with Gasteiger partial charge in [-0.15, -0.1) is 5.06 Å². The van der Waals surface area contributed by atoms with Crippen LogP contribution in [0.25, 0.3) is 0 Å². The fourth-order valence-electron chi connectivity index (χ4n) is 2.07. The van der Waals surface area contributed by atoms with Crippen LogP contribution in [0.3, 0.4) is 0 Å². The second-order valence-electron chi connectivity index (χ2n) is 5.61. The van der Waals surface area contributed by atoms with E-state index < -0.39 is 23.8 Å². The van der Waals surface area contributed by atoms with Crippen molar-refractivity contribution in [2.75, 3.05) is 13.2 Å². The van der Waals surface area contributed by atoms with Gasteiger partial charge >= 0.3 is 11.9 Å². The van der Waals surface area contributed by atoms with Gasteiger partial charge in [-0.2, -0.15) is 0 Å². The number of carbonyl (C=O) groups is 4. The predicted molar refractivity (Wildman–Crippen MR) is 90.9 cm³/mol. The fourth-order valence-corrected chi connectivity index (χ4v) is 2.07. The van der Waals surface area contributed by atoms with Crippen LogP contribution in [0.1, 0.15) is 46.4 Å². The van der Waals surface area contributed by atoms with Crippen LogP contribution in [0.15, 0.2) is 46.0 Å². The van der Waals surface area contributed by atoms with E-state index in [1.807, 2.05) is 0 Å². The van der Waals surface area contributed by atoms with E-state index in [4.69, 9.17) is 9.84 Å². The molecular weight excluding hydrogens is 374 g/mol. The molecule has 10 nitrogen and oxygen atoms in total. The maximum Gasteiger partial charge on any atom is 0.367 e. The Kier molecular flexibility index (Phi) is 7.97. The largest absolute Gasteiger partial charge is 0.478 e. The zero-order chi connectivity index (χ0) is 20.4. The van der Waals surface area contributed by atoms with E-state index in [0.717, 1.165) is 13.2 Å². The number of hydroxylamine groups is 2. The van der Waals surface area contributed by atoms with Gasteiger partial charge in [0.05, 0.1) is 18.1 Å². The molecule has 10 heteroatoms. The fraction of sp³-hybridized carbons (Fsp3) is 0.333. The molecule has 4 rings (SSSR count). The summed E-state index contributed by atoms with van der Waals surface area (Å²) in [7, 11) is 0. The van der Waals surface area contributed by atoms with E-state index in [0.29, 0.717) is 5.06 Å². The Labute approximate surface area is 159 Å². The van der Waals surface area contributed by atoms with Crippen molar-refractivity contribution in [2.45, 2.75) is 25.7 Å². The molecule has 2 saturated heterocycles. The summed E-state index contributed by atoms with van der Waals surface area (Å²) >= 11 is 0. The maximum atomic E-state index is 11.3. The lowest BCUT2D eigenvalue weighted by molar-refractivity contribution is -0.172. The second-order valence-corrected chi connectivity index (χ2v) is 5.61. The van der Waals surface area contributed by atoms with E-state index in [-0.39, 0.29) is 24.0 Å². The quantitative estimate of drug-likeness (QED) is 0.778. The van der Waals surface area contributed by atoms with Gasteiger partial charge in [-0.25, -0.2) is 9.59 Å². The Morgan fingerprint density at radius 3 is 1.82 bits per heavy atom. The Balaban J connectivity index is 0.000000179. The molecule has 2 aliphatic rings. The molecule has 2 aromatic rings. The molecular formula is C18H19NO9. The van der Waals surface area contributed by atoms with Crippen molar-refractivity contribution in [1.82, 2.24) is 5.06 Å². The summed E-state index contributed by atoms with van der Waals surface area (Å²) in [5.74, 6) is -2.75. The molecule has 0 radical (unpaired) electrons. The topological polar surface area (TPSA) is 136 Å². The van der Waals surface area contributed by atoms with Crippen LogP contribution < -0.4 is 0 Å². The van der Waals surface area contributed by atoms with Crippen molar-refractivity contribution >= 4 is 23.8 Å². The minimum Gasteiger partial charge on any atom is -0.478 e. The number of aromatic carboxylic acids is 1. The minimum atomic E-state index is -0.959. The Bertz CT molecular complexity index is 752. The van der Waals surface area contributed by atoms with Crippen LogP contribution in [-0.2, 0) is 19.2 Å². The lowest BCUT2D eigenvalue weighted by Gasteiger charge is -2.11. The number of carbonyl (C=O) groups excluding carboxylic acids is 3. The van der Waals surface area contributed by atoms with E-state index >= 15 is 0 Å². The summed E-state index contributed by atoms with van der Waals surface area (Å²) in [5.41, 5.74) is 0.340. The van der Waals surface area contributed by atoms with Gasteiger partial charge in [0, 0.05) is 26.1 Å². The summed E-state index contributed by atoms with van der Waals surface area (Å²) in [4.78, 5) is 48.1. The minimum absolute atomic E-state index is 0.0809. The molecule has 0 spiro atoms. The van der Waals surface area contributed by atoms with Gasteiger partial charge in [-0.05, 0) is 25.0 Å². The molecule has 2 aliphatic heterocycles. The van der Waals surface area contributed by atoms with Gasteiger partial charge in [0.15, 0.2) is 0 Å². The first-order valence-corrected chi connectivity index (χ1v) is 8.42. The first-order valence-electron chi connectivity index (χ1n) is 8.42. The lowest BCUT2D eigenvalue weighted by atomic mass is 10.4. The molecule has 0 atom stereocenters. The van der Waals surface area contributed by atoms with Gasteiger partial charge in [-0.1, -0.05) is 0 Å². The molecule has 0 saturated carbocycles. The average molecular weight is 393 g/mol. The normalized spacial score (nSPS) is 15.4. The molecule has 0 bridgehead atoms. The van der Waals surface area contributed by atoms with Crippen molar-refractivity contribution in [2.24, 2.45) is 0 Å². The van der Waals surface area contributed by atoms with E-state index in [1.54, 1.807) is 0 Å². The Morgan fingerprint density at radius 1 is 0.929 bits per heavy atom. The molecule has 2 fully saturated rings. The molecule has 2 aromatic heterocycles. The van der Waals surface area contributed by atoms with Crippen LogP contribution in [0.2, 0.25) is 0 Å². The zero-order valence-electron chi connectivity index (χ0n) is 14.9. The number of imide groups is 1. The highest BCUT2D eigenvalue weighted by Gasteiger charge is 2.33. The van der Waals surface area contributed by atoms with Crippen molar-refractivity contribution in [3.8, 4) is 0 Å². The summed E-state index contributed by atoms with van der Waals surface area (Å²) < 4.78 is 14.1. The number of hydrogen-bond donors (Lipinski definition) is 1. The third-order valence-electron chi connectivity index (χ3n) is 3.53. The highest BCUT2D eigenvalue weighted by molar-refractivity contribution is 6.02. The van der Waals surface area contributed by atoms with Gasteiger partial charge in [0.1, 0.15) is 18.1 Å². The van der Waals surface area contributed by atoms with Crippen molar-refractivity contribution in [1.29, 1.82) is 0 Å². The number of amides is 2. The molecule has 4 heterocycles. The third kappa shape index (κ3) is 6.40.